The van der Waals surface area contributed by atoms with E-state index < -0.39 is 42.1 Å². The summed E-state index contributed by atoms with van der Waals surface area (Å²) in [4.78, 5) is 27.5. The molecule has 0 spiro atoms. The monoisotopic (exact) mass is 396 g/mol. The molecular weight excluding hydrogens is 383 g/mol. The van der Waals surface area contributed by atoms with E-state index in [-0.39, 0.29) is 16.7 Å². The predicted molar refractivity (Wildman–Crippen MR) is 81.3 cm³/mol. The van der Waals surface area contributed by atoms with Crippen LogP contribution < -0.4 is 10.6 Å². The van der Waals surface area contributed by atoms with Gasteiger partial charge in [-0.3, -0.25) is 0 Å². The number of aliphatic hydroxyl groups is 1. The zero-order chi connectivity index (χ0) is 20.6. The number of carbonyl (C=O) groups excluding carboxylic acids is 1. The number of carbonyl (C=O) groups is 2. The number of benzene rings is 1. The molecule has 0 fully saturated rings. The third kappa shape index (κ3) is 4.24. The molecule has 1 heterocycles. The maximum absolute atomic E-state index is 13.3. The van der Waals surface area contributed by atoms with E-state index in [1.807, 2.05) is 4.98 Å². The summed E-state index contributed by atoms with van der Waals surface area (Å²) in [7, 11) is 0. The number of aromatic amines is 1. The van der Waals surface area contributed by atoms with Crippen molar-refractivity contribution in [2.45, 2.75) is 24.6 Å². The molecule has 0 aliphatic rings. The van der Waals surface area contributed by atoms with Crippen LogP contribution in [0.4, 0.5) is 32.4 Å². The summed E-state index contributed by atoms with van der Waals surface area (Å²) in [6.45, 7) is 0.317. The molecule has 2 aromatic rings. The van der Waals surface area contributed by atoms with Gasteiger partial charge < -0.3 is 25.8 Å². The number of alkyl halides is 5. The molecule has 5 N–H and O–H groups in total. The number of nitrogens with zero attached hydrogens (tertiary/aromatic N) is 1. The van der Waals surface area contributed by atoms with Crippen LogP contribution in [0.25, 0.3) is 11.0 Å². The Morgan fingerprint density at radius 3 is 2.41 bits per heavy atom. The topological polar surface area (TPSA) is 127 Å². The molecule has 2 amide bonds. The van der Waals surface area contributed by atoms with E-state index in [2.05, 4.69) is 15.6 Å². The highest BCUT2D eigenvalue weighted by Gasteiger charge is 2.61. The smallest absolute Gasteiger partial charge is 0.461 e. The summed E-state index contributed by atoms with van der Waals surface area (Å²) < 4.78 is 63.8. The third-order valence-electron chi connectivity index (χ3n) is 3.45. The second kappa shape index (κ2) is 6.64. The summed E-state index contributed by atoms with van der Waals surface area (Å²) in [5, 5.41) is 22.5. The molecule has 1 atom stereocenters. The molecule has 8 nitrogen and oxygen atoms in total. The number of carboxylic acids is 1. The van der Waals surface area contributed by atoms with E-state index >= 15 is 0 Å². The lowest BCUT2D eigenvalue weighted by Gasteiger charge is -2.18. The minimum atomic E-state index is -5.83. The first-order chi connectivity index (χ1) is 12.2. The lowest BCUT2D eigenvalue weighted by Crippen LogP contribution is -2.47. The predicted octanol–water partition coefficient (Wildman–Crippen LogP) is 2.17. The fraction of sp³-hybridized carbons (Fsp3) is 0.357. The number of carboxylic acid groups (broad SMARTS) is 1. The summed E-state index contributed by atoms with van der Waals surface area (Å²) in [5.74, 6) is -8.34. The average Bonchev–Trinajstić information content (AvgIpc) is 2.95. The molecule has 0 saturated carbocycles. The van der Waals surface area contributed by atoms with E-state index in [0.717, 1.165) is 19.1 Å². The van der Waals surface area contributed by atoms with Crippen molar-refractivity contribution in [3.05, 3.63) is 24.0 Å². The lowest BCUT2D eigenvalue weighted by atomic mass is 10.1. The molecule has 1 aromatic carbocycles. The molecule has 148 valence electrons. The van der Waals surface area contributed by atoms with Gasteiger partial charge in [-0.05, 0) is 25.1 Å². The Morgan fingerprint density at radius 2 is 1.85 bits per heavy atom. The normalized spacial score (nSPS) is 14.6. The third-order valence-corrected chi connectivity index (χ3v) is 3.45. The van der Waals surface area contributed by atoms with Gasteiger partial charge in [0.1, 0.15) is 0 Å². The first-order valence-corrected chi connectivity index (χ1v) is 7.19. The van der Waals surface area contributed by atoms with Gasteiger partial charge in [0.15, 0.2) is 11.4 Å². The van der Waals surface area contributed by atoms with Gasteiger partial charge in [0, 0.05) is 5.69 Å². The molecule has 2 rings (SSSR count). The van der Waals surface area contributed by atoms with Crippen molar-refractivity contribution in [3.8, 4) is 0 Å². The Hall–Kier alpha value is -2.96. The Kier molecular flexibility index (Phi) is 5.01. The maximum Gasteiger partial charge on any atom is 0.461 e. The van der Waals surface area contributed by atoms with Crippen molar-refractivity contribution in [1.29, 1.82) is 0 Å². The summed E-state index contributed by atoms with van der Waals surface area (Å²) in [6, 6.07) is 2.42. The Morgan fingerprint density at radius 1 is 1.22 bits per heavy atom. The van der Waals surface area contributed by atoms with Crippen LogP contribution in [-0.4, -0.2) is 50.5 Å². The van der Waals surface area contributed by atoms with E-state index in [9.17, 15) is 36.6 Å². The standard InChI is InChI=1S/C14H13F5N4O4/c1-12(27,10(24)25)5-20-11(26)21-6-2-3-7-8(4-6)23-9(22-7)13(15,16)14(17,18)19/h2-4,27H,5H2,1H3,(H,22,23)(H,24,25)(H2,20,21,26). The average molecular weight is 396 g/mol. The minimum Gasteiger partial charge on any atom is -0.479 e. The number of imidazole rings is 1. The molecule has 0 aliphatic carbocycles. The molecular formula is C14H13F5N4O4. The number of urea groups is 1. The van der Waals surface area contributed by atoms with Crippen molar-refractivity contribution in [1.82, 2.24) is 15.3 Å². The number of nitrogens with one attached hydrogen (secondary N) is 3. The Bertz CT molecular complexity index is 878. The highest BCUT2D eigenvalue weighted by atomic mass is 19.4. The van der Waals surface area contributed by atoms with E-state index in [1.54, 1.807) is 0 Å². The van der Waals surface area contributed by atoms with Gasteiger partial charge in [0.2, 0.25) is 0 Å². The van der Waals surface area contributed by atoms with Gasteiger partial charge in [-0.15, -0.1) is 0 Å². The molecule has 1 unspecified atom stereocenters. The van der Waals surface area contributed by atoms with Crippen molar-refractivity contribution in [3.63, 3.8) is 0 Å². The van der Waals surface area contributed by atoms with Crippen molar-refractivity contribution in [2.24, 2.45) is 0 Å². The quantitative estimate of drug-likeness (QED) is 0.495. The van der Waals surface area contributed by atoms with Gasteiger partial charge in [0.05, 0.1) is 17.6 Å². The van der Waals surface area contributed by atoms with Crippen LogP contribution in [0, 0.1) is 0 Å². The number of rotatable bonds is 5. The zero-order valence-corrected chi connectivity index (χ0v) is 13.5. The molecule has 0 bridgehead atoms. The van der Waals surface area contributed by atoms with Gasteiger partial charge in [-0.25, -0.2) is 14.6 Å². The number of aliphatic carboxylic acids is 1. The number of hydrogen-bond donors (Lipinski definition) is 5. The molecule has 0 saturated heterocycles. The number of H-pyrrole nitrogens is 1. The van der Waals surface area contributed by atoms with E-state index in [0.29, 0.717) is 0 Å². The first kappa shape index (κ1) is 20.4. The van der Waals surface area contributed by atoms with Crippen LogP contribution in [0.15, 0.2) is 18.2 Å². The first-order valence-electron chi connectivity index (χ1n) is 7.19. The highest BCUT2D eigenvalue weighted by Crippen LogP contribution is 2.43. The fourth-order valence-corrected chi connectivity index (χ4v) is 1.87. The SMILES string of the molecule is CC(O)(CNC(=O)Nc1ccc2nc(C(F)(F)C(F)(F)F)[nH]c2c1)C(=O)O. The van der Waals surface area contributed by atoms with Crippen LogP contribution in [0.3, 0.4) is 0 Å². The number of anilines is 1. The second-order valence-electron chi connectivity index (χ2n) is 5.78. The summed E-state index contributed by atoms with van der Waals surface area (Å²) in [5.41, 5.74) is -2.60. The zero-order valence-electron chi connectivity index (χ0n) is 13.5. The Balaban J connectivity index is 2.15. The van der Waals surface area contributed by atoms with Crippen LogP contribution in [-0.2, 0) is 10.7 Å². The molecule has 13 heteroatoms. The largest absolute Gasteiger partial charge is 0.479 e. The second-order valence-corrected chi connectivity index (χ2v) is 5.78. The lowest BCUT2D eigenvalue weighted by molar-refractivity contribution is -0.292. The summed E-state index contributed by atoms with van der Waals surface area (Å²) >= 11 is 0. The minimum absolute atomic E-state index is 0.000456. The van der Waals surface area contributed by atoms with Gasteiger partial charge in [-0.2, -0.15) is 22.0 Å². The van der Waals surface area contributed by atoms with Crippen molar-refractivity contribution < 1.29 is 41.8 Å². The van der Waals surface area contributed by atoms with Crippen LogP contribution in [0.2, 0.25) is 0 Å². The fourth-order valence-electron chi connectivity index (χ4n) is 1.87. The van der Waals surface area contributed by atoms with E-state index in [1.165, 1.54) is 6.07 Å². The Labute approximate surface area is 147 Å². The molecule has 1 aromatic heterocycles. The van der Waals surface area contributed by atoms with Crippen LogP contribution in [0.5, 0.6) is 0 Å². The van der Waals surface area contributed by atoms with Crippen LogP contribution >= 0.6 is 0 Å². The highest BCUT2D eigenvalue weighted by molar-refractivity contribution is 5.92. The molecule has 27 heavy (non-hydrogen) atoms. The van der Waals surface area contributed by atoms with Crippen molar-refractivity contribution >= 4 is 28.7 Å². The van der Waals surface area contributed by atoms with Gasteiger partial charge >= 0.3 is 24.1 Å². The summed E-state index contributed by atoms with van der Waals surface area (Å²) in [6.07, 6.45) is -5.83. The number of halogens is 5. The van der Waals surface area contributed by atoms with Gasteiger partial charge in [-0.1, -0.05) is 0 Å². The van der Waals surface area contributed by atoms with E-state index in [4.69, 9.17) is 5.11 Å². The molecule has 0 radical (unpaired) electrons. The number of hydrogen-bond acceptors (Lipinski definition) is 4. The number of aromatic nitrogens is 2. The number of fused-ring (bicyclic) bond motifs is 1. The van der Waals surface area contributed by atoms with Crippen molar-refractivity contribution in [2.75, 3.05) is 11.9 Å². The van der Waals surface area contributed by atoms with Crippen LogP contribution in [0.1, 0.15) is 12.7 Å². The maximum atomic E-state index is 13.3. The molecule has 0 aliphatic heterocycles. The van der Waals surface area contributed by atoms with Gasteiger partial charge in [0.25, 0.3) is 0 Å². The number of amides is 2.